The maximum atomic E-state index is 13.0. The first kappa shape index (κ1) is 21.1. The Morgan fingerprint density at radius 1 is 1.06 bits per heavy atom. The van der Waals surface area contributed by atoms with E-state index in [1.807, 2.05) is 25.1 Å². The molecular weight excluding hydrogens is 437 g/mol. The molecule has 0 radical (unpaired) electrons. The lowest BCUT2D eigenvalue weighted by atomic mass is 9.96. The van der Waals surface area contributed by atoms with E-state index in [-0.39, 0.29) is 17.4 Å². The Morgan fingerprint density at radius 2 is 1.84 bits per heavy atom. The number of nitrogens with zero attached hydrogens (tertiary/aromatic N) is 4. The van der Waals surface area contributed by atoms with Crippen molar-refractivity contribution in [3.8, 4) is 11.4 Å². The summed E-state index contributed by atoms with van der Waals surface area (Å²) in [4.78, 5) is 11.5. The number of benzene rings is 2. The summed E-state index contributed by atoms with van der Waals surface area (Å²) >= 11 is 1.76. The van der Waals surface area contributed by atoms with Crippen LogP contribution in [0.2, 0.25) is 0 Å². The fourth-order valence-corrected chi connectivity index (χ4v) is 5.25. The molecule has 9 heteroatoms. The van der Waals surface area contributed by atoms with Gasteiger partial charge in [-0.1, -0.05) is 29.4 Å². The van der Waals surface area contributed by atoms with Crippen molar-refractivity contribution in [1.29, 1.82) is 0 Å². The van der Waals surface area contributed by atoms with Crippen LogP contribution in [-0.2, 0) is 6.18 Å². The third-order valence-corrected chi connectivity index (χ3v) is 7.18. The predicted molar refractivity (Wildman–Crippen MR) is 116 cm³/mol. The second-order valence-electron chi connectivity index (χ2n) is 8.04. The molecule has 0 amide bonds. The quantitative estimate of drug-likeness (QED) is 0.359. The van der Waals surface area contributed by atoms with Gasteiger partial charge in [-0.15, -0.1) is 11.3 Å². The van der Waals surface area contributed by atoms with Crippen LogP contribution in [0.5, 0.6) is 0 Å². The normalized spacial score (nSPS) is 17.1. The second kappa shape index (κ2) is 8.29. The Morgan fingerprint density at radius 3 is 2.59 bits per heavy atom. The maximum Gasteiger partial charge on any atom is 0.416 e. The molecular formula is C23H21F3N4OS. The van der Waals surface area contributed by atoms with Gasteiger partial charge in [0, 0.05) is 11.5 Å². The molecule has 0 saturated carbocycles. The number of para-hydroxylation sites is 1. The lowest BCUT2D eigenvalue weighted by Gasteiger charge is -2.33. The van der Waals surface area contributed by atoms with Crippen molar-refractivity contribution < 1.29 is 17.7 Å². The molecule has 1 aliphatic rings. The monoisotopic (exact) mass is 458 g/mol. The van der Waals surface area contributed by atoms with E-state index in [4.69, 9.17) is 9.51 Å². The number of hydrogen-bond acceptors (Lipinski definition) is 6. The van der Waals surface area contributed by atoms with Gasteiger partial charge in [0.05, 0.1) is 26.8 Å². The van der Waals surface area contributed by atoms with E-state index in [2.05, 4.69) is 21.1 Å². The zero-order valence-corrected chi connectivity index (χ0v) is 18.2. The number of fused-ring (bicyclic) bond motifs is 1. The van der Waals surface area contributed by atoms with Crippen molar-refractivity contribution in [2.45, 2.75) is 37.9 Å². The fourth-order valence-electron chi connectivity index (χ4n) is 4.11. The third-order valence-electron chi connectivity index (χ3n) is 5.98. The van der Waals surface area contributed by atoms with E-state index in [1.165, 1.54) is 15.8 Å². The van der Waals surface area contributed by atoms with Crippen LogP contribution in [0, 0.1) is 0 Å². The topological polar surface area (TPSA) is 55.1 Å². The number of piperidine rings is 1. The number of alkyl halides is 3. The van der Waals surface area contributed by atoms with Crippen LogP contribution in [0.1, 0.15) is 48.2 Å². The maximum absolute atomic E-state index is 13.0. The Balaban J connectivity index is 1.26. The number of likely N-dealkylation sites (tertiary alicyclic amines) is 1. The lowest BCUT2D eigenvalue weighted by Crippen LogP contribution is -2.35. The van der Waals surface area contributed by atoms with Gasteiger partial charge in [-0.05, 0) is 57.1 Å². The average molecular weight is 459 g/mol. The predicted octanol–water partition coefficient (Wildman–Crippen LogP) is 6.31. The van der Waals surface area contributed by atoms with Crippen LogP contribution in [-0.4, -0.2) is 33.1 Å². The number of thiazole rings is 1. The average Bonchev–Trinajstić information content (AvgIpc) is 3.46. The summed E-state index contributed by atoms with van der Waals surface area (Å²) in [5, 5.41) is 5.11. The van der Waals surface area contributed by atoms with E-state index in [0.717, 1.165) is 43.6 Å². The number of halogens is 3. The molecule has 0 spiro atoms. The van der Waals surface area contributed by atoms with Crippen molar-refractivity contribution in [2.75, 3.05) is 13.1 Å². The van der Waals surface area contributed by atoms with Gasteiger partial charge in [-0.3, -0.25) is 4.90 Å². The Bertz CT molecular complexity index is 1190. The largest absolute Gasteiger partial charge is 0.416 e. The summed E-state index contributed by atoms with van der Waals surface area (Å²) in [6.45, 7) is 3.72. The van der Waals surface area contributed by atoms with Gasteiger partial charge in [-0.25, -0.2) is 4.98 Å². The van der Waals surface area contributed by atoms with E-state index in [9.17, 15) is 13.2 Å². The Kier molecular flexibility index (Phi) is 5.46. The standard InChI is InChI=1S/C23H21F3N4OS/c1-14(21-28-20(29-31-21)16-5-4-6-17(13-16)23(24,25)26)30-11-9-15(10-12-30)22-27-18-7-2-3-8-19(18)32-22/h2-8,13-15H,9-12H2,1H3. The highest BCUT2D eigenvalue weighted by Crippen LogP contribution is 2.36. The smallest absolute Gasteiger partial charge is 0.337 e. The van der Waals surface area contributed by atoms with E-state index in [0.29, 0.717) is 11.8 Å². The summed E-state index contributed by atoms with van der Waals surface area (Å²) in [7, 11) is 0. The summed E-state index contributed by atoms with van der Waals surface area (Å²) in [6.07, 6.45) is -2.44. The lowest BCUT2D eigenvalue weighted by molar-refractivity contribution is -0.137. The van der Waals surface area contributed by atoms with Gasteiger partial charge in [-0.2, -0.15) is 18.2 Å². The first-order valence-electron chi connectivity index (χ1n) is 10.5. The van der Waals surface area contributed by atoms with Crippen molar-refractivity contribution in [3.63, 3.8) is 0 Å². The first-order valence-corrected chi connectivity index (χ1v) is 11.3. The van der Waals surface area contributed by atoms with Gasteiger partial charge in [0.2, 0.25) is 11.7 Å². The summed E-state index contributed by atoms with van der Waals surface area (Å²) in [5.74, 6) is 1.01. The van der Waals surface area contributed by atoms with Crippen LogP contribution < -0.4 is 0 Å². The molecule has 1 aliphatic heterocycles. The zero-order valence-electron chi connectivity index (χ0n) is 17.3. The Labute approximate surface area is 186 Å². The molecule has 2 aromatic carbocycles. The molecule has 4 aromatic rings. The van der Waals surface area contributed by atoms with Gasteiger partial charge in [0.1, 0.15) is 0 Å². The Hall–Kier alpha value is -2.78. The summed E-state index contributed by atoms with van der Waals surface area (Å²) < 4.78 is 45.6. The molecule has 1 fully saturated rings. The van der Waals surface area contributed by atoms with Crippen molar-refractivity contribution in [2.24, 2.45) is 0 Å². The van der Waals surface area contributed by atoms with Gasteiger partial charge >= 0.3 is 6.18 Å². The third kappa shape index (κ3) is 4.14. The molecule has 0 bridgehead atoms. The highest BCUT2D eigenvalue weighted by molar-refractivity contribution is 7.18. The molecule has 32 heavy (non-hydrogen) atoms. The van der Waals surface area contributed by atoms with Gasteiger partial charge < -0.3 is 4.52 Å². The molecule has 2 aromatic heterocycles. The van der Waals surface area contributed by atoms with Crippen LogP contribution in [0.3, 0.4) is 0 Å². The van der Waals surface area contributed by atoms with E-state index >= 15 is 0 Å². The number of hydrogen-bond donors (Lipinski definition) is 0. The van der Waals surface area contributed by atoms with Crippen LogP contribution in [0.15, 0.2) is 53.1 Å². The van der Waals surface area contributed by atoms with Crippen molar-refractivity contribution in [3.05, 3.63) is 65.0 Å². The molecule has 3 heterocycles. The van der Waals surface area contributed by atoms with E-state index in [1.54, 1.807) is 17.4 Å². The number of aromatic nitrogens is 3. The zero-order chi connectivity index (χ0) is 22.3. The molecule has 1 atom stereocenters. The van der Waals surface area contributed by atoms with Crippen molar-refractivity contribution in [1.82, 2.24) is 20.0 Å². The van der Waals surface area contributed by atoms with Crippen molar-refractivity contribution >= 4 is 21.6 Å². The van der Waals surface area contributed by atoms with Crippen LogP contribution in [0.25, 0.3) is 21.6 Å². The molecule has 1 unspecified atom stereocenters. The molecule has 0 N–H and O–H groups in total. The molecule has 5 rings (SSSR count). The minimum atomic E-state index is -4.41. The van der Waals surface area contributed by atoms with Gasteiger partial charge in [0.15, 0.2) is 0 Å². The first-order chi connectivity index (χ1) is 15.4. The summed E-state index contributed by atoms with van der Waals surface area (Å²) in [6, 6.07) is 13.1. The minimum Gasteiger partial charge on any atom is -0.337 e. The SMILES string of the molecule is CC(c1nc(-c2cccc(C(F)(F)F)c2)no1)N1CCC(c2nc3ccccc3s2)CC1. The molecule has 166 valence electrons. The number of rotatable bonds is 4. The molecule has 5 nitrogen and oxygen atoms in total. The molecule has 0 aliphatic carbocycles. The van der Waals surface area contributed by atoms with Gasteiger partial charge in [0.25, 0.3) is 0 Å². The fraction of sp³-hybridized carbons (Fsp3) is 0.348. The minimum absolute atomic E-state index is 0.113. The second-order valence-corrected chi connectivity index (χ2v) is 9.10. The molecule has 1 saturated heterocycles. The highest BCUT2D eigenvalue weighted by atomic mass is 32.1. The van der Waals surface area contributed by atoms with Crippen LogP contribution >= 0.6 is 11.3 Å². The van der Waals surface area contributed by atoms with Crippen LogP contribution in [0.4, 0.5) is 13.2 Å². The van der Waals surface area contributed by atoms with E-state index < -0.39 is 11.7 Å². The summed E-state index contributed by atoms with van der Waals surface area (Å²) in [5.41, 5.74) is 0.610. The highest BCUT2D eigenvalue weighted by Gasteiger charge is 2.32.